The van der Waals surface area contributed by atoms with Crippen LogP contribution < -0.4 is 11.1 Å². The Morgan fingerprint density at radius 1 is 1.22 bits per heavy atom. The first-order valence-corrected chi connectivity index (χ1v) is 7.62. The molecule has 0 heterocycles. The number of amides is 1. The van der Waals surface area contributed by atoms with Crippen molar-refractivity contribution in [3.05, 3.63) is 0 Å². The van der Waals surface area contributed by atoms with Gasteiger partial charge in [0.15, 0.2) is 0 Å². The van der Waals surface area contributed by atoms with E-state index in [1.54, 1.807) is 0 Å². The van der Waals surface area contributed by atoms with Gasteiger partial charge in [0.1, 0.15) is 0 Å². The van der Waals surface area contributed by atoms with Crippen molar-refractivity contribution in [2.45, 2.75) is 58.4 Å². The molecule has 0 radical (unpaired) electrons. The van der Waals surface area contributed by atoms with Crippen molar-refractivity contribution in [1.29, 1.82) is 0 Å². The van der Waals surface area contributed by atoms with Gasteiger partial charge in [0, 0.05) is 12.0 Å². The minimum atomic E-state index is 0.218. The van der Waals surface area contributed by atoms with Crippen LogP contribution in [-0.4, -0.2) is 18.5 Å². The lowest BCUT2D eigenvalue weighted by Gasteiger charge is -2.29. The summed E-state index contributed by atoms with van der Waals surface area (Å²) >= 11 is 0. The first-order chi connectivity index (χ1) is 8.61. The Balaban J connectivity index is 1.84. The lowest BCUT2D eigenvalue weighted by molar-refractivity contribution is -0.127. The molecule has 18 heavy (non-hydrogen) atoms. The van der Waals surface area contributed by atoms with Crippen molar-refractivity contribution in [1.82, 2.24) is 5.32 Å². The number of carbonyl (C=O) groups is 1. The fourth-order valence-electron chi connectivity index (χ4n) is 3.61. The van der Waals surface area contributed by atoms with Gasteiger partial charge in [-0.2, -0.15) is 0 Å². The topological polar surface area (TPSA) is 55.1 Å². The molecule has 3 nitrogen and oxygen atoms in total. The third kappa shape index (κ3) is 3.05. The lowest BCUT2D eigenvalue weighted by Crippen LogP contribution is -2.42. The largest absolute Gasteiger partial charge is 0.353 e. The molecule has 2 aliphatic carbocycles. The Kier molecular flexibility index (Phi) is 4.66. The van der Waals surface area contributed by atoms with Crippen molar-refractivity contribution in [3.8, 4) is 0 Å². The Labute approximate surface area is 111 Å². The van der Waals surface area contributed by atoms with Crippen LogP contribution >= 0.6 is 0 Å². The molecule has 5 unspecified atom stereocenters. The predicted octanol–water partition coefficient (Wildman–Crippen LogP) is 2.30. The summed E-state index contributed by atoms with van der Waals surface area (Å²) in [6.07, 6.45) is 6.83. The third-order valence-electron chi connectivity index (χ3n) is 5.28. The summed E-state index contributed by atoms with van der Waals surface area (Å²) in [5.74, 6) is 2.45. The number of hydrogen-bond acceptors (Lipinski definition) is 2. The van der Waals surface area contributed by atoms with Gasteiger partial charge in [-0.3, -0.25) is 4.79 Å². The first kappa shape index (κ1) is 13.9. The molecule has 0 bridgehead atoms. The quantitative estimate of drug-likeness (QED) is 0.810. The van der Waals surface area contributed by atoms with Gasteiger partial charge in [-0.15, -0.1) is 0 Å². The molecule has 2 rings (SSSR count). The van der Waals surface area contributed by atoms with Crippen molar-refractivity contribution in [2.24, 2.45) is 29.4 Å². The molecule has 3 N–H and O–H groups in total. The Hall–Kier alpha value is -0.570. The van der Waals surface area contributed by atoms with Crippen molar-refractivity contribution >= 4 is 5.91 Å². The molecule has 0 aliphatic heterocycles. The van der Waals surface area contributed by atoms with E-state index in [1.165, 1.54) is 12.8 Å². The highest BCUT2D eigenvalue weighted by Crippen LogP contribution is 2.33. The minimum Gasteiger partial charge on any atom is -0.353 e. The zero-order valence-electron chi connectivity index (χ0n) is 11.8. The summed E-state index contributed by atoms with van der Waals surface area (Å²) in [6, 6.07) is 0.408. The molecule has 2 saturated carbocycles. The van der Waals surface area contributed by atoms with E-state index in [4.69, 9.17) is 5.73 Å². The van der Waals surface area contributed by atoms with Crippen LogP contribution in [0.2, 0.25) is 0 Å². The van der Waals surface area contributed by atoms with Gasteiger partial charge in [-0.25, -0.2) is 0 Å². The molecule has 0 aromatic carbocycles. The summed E-state index contributed by atoms with van der Waals surface area (Å²) in [7, 11) is 0. The van der Waals surface area contributed by atoms with Crippen LogP contribution in [0, 0.1) is 23.7 Å². The van der Waals surface area contributed by atoms with Crippen LogP contribution in [0.4, 0.5) is 0 Å². The van der Waals surface area contributed by atoms with Gasteiger partial charge in [-0.05, 0) is 56.4 Å². The van der Waals surface area contributed by atoms with E-state index in [0.717, 1.165) is 38.1 Å². The van der Waals surface area contributed by atoms with E-state index < -0.39 is 0 Å². The second kappa shape index (κ2) is 6.05. The molecule has 3 heteroatoms. The van der Waals surface area contributed by atoms with Gasteiger partial charge in [0.2, 0.25) is 5.91 Å². The minimum absolute atomic E-state index is 0.218. The number of nitrogens with one attached hydrogen (secondary N) is 1. The number of nitrogens with two attached hydrogens (primary N) is 1. The molecule has 0 aromatic heterocycles. The highest BCUT2D eigenvalue weighted by molar-refractivity contribution is 5.79. The molecule has 2 aliphatic rings. The number of rotatable bonds is 3. The monoisotopic (exact) mass is 252 g/mol. The standard InChI is InChI=1S/C15H28N2O/c1-10-6-7-14(11(10)2)17-15(18)13-5-3-4-12(8-13)9-16/h10-14H,3-9,16H2,1-2H3,(H,17,18). The summed E-state index contributed by atoms with van der Waals surface area (Å²) in [4.78, 5) is 12.3. The molecule has 1 amide bonds. The molecular formula is C15H28N2O. The normalized spacial score (nSPS) is 40.7. The van der Waals surface area contributed by atoms with Crippen LogP contribution in [0.1, 0.15) is 52.4 Å². The van der Waals surface area contributed by atoms with Crippen LogP contribution in [-0.2, 0) is 4.79 Å². The van der Waals surface area contributed by atoms with Gasteiger partial charge < -0.3 is 11.1 Å². The summed E-state index contributed by atoms with van der Waals surface area (Å²) in [5, 5.41) is 3.29. The smallest absolute Gasteiger partial charge is 0.223 e. The Morgan fingerprint density at radius 2 is 2.00 bits per heavy atom. The molecule has 2 fully saturated rings. The fourth-order valence-corrected chi connectivity index (χ4v) is 3.61. The molecule has 0 saturated heterocycles. The van der Waals surface area contributed by atoms with E-state index in [1.807, 2.05) is 0 Å². The third-order valence-corrected chi connectivity index (χ3v) is 5.28. The Morgan fingerprint density at radius 3 is 2.61 bits per heavy atom. The zero-order valence-corrected chi connectivity index (χ0v) is 11.8. The lowest BCUT2D eigenvalue weighted by atomic mass is 9.81. The van der Waals surface area contributed by atoms with Gasteiger partial charge in [0.05, 0.1) is 0 Å². The van der Waals surface area contributed by atoms with E-state index in [2.05, 4.69) is 19.2 Å². The molecule has 0 aromatic rings. The maximum absolute atomic E-state index is 12.3. The SMILES string of the molecule is CC1CCC(NC(=O)C2CCCC(CN)C2)C1C. The number of carbonyl (C=O) groups excluding carboxylic acids is 1. The van der Waals surface area contributed by atoms with E-state index >= 15 is 0 Å². The zero-order chi connectivity index (χ0) is 13.1. The Bertz CT molecular complexity index is 292. The predicted molar refractivity (Wildman–Crippen MR) is 74.0 cm³/mol. The van der Waals surface area contributed by atoms with Gasteiger partial charge >= 0.3 is 0 Å². The fraction of sp³-hybridized carbons (Fsp3) is 0.933. The second-order valence-electron chi connectivity index (χ2n) is 6.49. The maximum Gasteiger partial charge on any atom is 0.223 e. The second-order valence-corrected chi connectivity index (χ2v) is 6.49. The van der Waals surface area contributed by atoms with E-state index in [0.29, 0.717) is 23.8 Å². The average molecular weight is 252 g/mol. The van der Waals surface area contributed by atoms with E-state index in [-0.39, 0.29) is 5.92 Å². The summed E-state index contributed by atoms with van der Waals surface area (Å²) in [5.41, 5.74) is 5.74. The average Bonchev–Trinajstić information content (AvgIpc) is 2.71. The van der Waals surface area contributed by atoms with Gasteiger partial charge in [0.25, 0.3) is 0 Å². The van der Waals surface area contributed by atoms with Crippen LogP contribution in [0.25, 0.3) is 0 Å². The van der Waals surface area contributed by atoms with E-state index in [9.17, 15) is 4.79 Å². The van der Waals surface area contributed by atoms with Crippen molar-refractivity contribution in [2.75, 3.05) is 6.54 Å². The highest BCUT2D eigenvalue weighted by Gasteiger charge is 2.33. The van der Waals surface area contributed by atoms with Crippen molar-refractivity contribution < 1.29 is 4.79 Å². The molecule has 0 spiro atoms. The van der Waals surface area contributed by atoms with Crippen molar-refractivity contribution in [3.63, 3.8) is 0 Å². The summed E-state index contributed by atoms with van der Waals surface area (Å²) in [6.45, 7) is 5.30. The van der Waals surface area contributed by atoms with Crippen LogP contribution in [0.5, 0.6) is 0 Å². The summed E-state index contributed by atoms with van der Waals surface area (Å²) < 4.78 is 0. The first-order valence-electron chi connectivity index (χ1n) is 7.62. The van der Waals surface area contributed by atoms with Gasteiger partial charge in [-0.1, -0.05) is 20.3 Å². The molecule has 104 valence electrons. The highest BCUT2D eigenvalue weighted by atomic mass is 16.1. The molecular weight excluding hydrogens is 224 g/mol. The maximum atomic E-state index is 12.3. The van der Waals surface area contributed by atoms with Crippen LogP contribution in [0.15, 0.2) is 0 Å². The van der Waals surface area contributed by atoms with Crippen LogP contribution in [0.3, 0.4) is 0 Å². The number of hydrogen-bond donors (Lipinski definition) is 2. The molecule has 5 atom stereocenters.